The maximum absolute atomic E-state index is 9.05. The Kier molecular flexibility index (Phi) is 2.78. The molecule has 0 aliphatic rings. The van der Waals surface area contributed by atoms with Crippen molar-refractivity contribution >= 4 is 0 Å². The van der Waals surface area contributed by atoms with E-state index in [4.69, 9.17) is 14.4 Å². The zero-order valence-corrected chi connectivity index (χ0v) is 7.31. The Morgan fingerprint density at radius 3 is 2.58 bits per heavy atom. The van der Waals surface area contributed by atoms with Crippen LogP contribution in [-0.4, -0.2) is 22.4 Å². The summed E-state index contributed by atoms with van der Waals surface area (Å²) in [5, 5.41) is 12.7. The van der Waals surface area contributed by atoms with Crippen LogP contribution in [-0.2, 0) is 4.74 Å². The van der Waals surface area contributed by atoms with Gasteiger partial charge in [-0.1, -0.05) is 5.16 Å². The Bertz CT molecular complexity index is 247. The highest BCUT2D eigenvalue weighted by atomic mass is 16.5. The molecular weight excluding hydrogens is 160 g/mol. The molecule has 0 fully saturated rings. The van der Waals surface area contributed by atoms with Crippen molar-refractivity contribution in [2.45, 2.75) is 26.1 Å². The fraction of sp³-hybridized carbons (Fsp3) is 0.714. The quantitative estimate of drug-likeness (QED) is 0.731. The van der Waals surface area contributed by atoms with Gasteiger partial charge in [0.25, 0.3) is 5.89 Å². The summed E-state index contributed by atoms with van der Waals surface area (Å²) in [5.41, 5.74) is 0. The zero-order valence-electron chi connectivity index (χ0n) is 7.31. The summed E-state index contributed by atoms with van der Waals surface area (Å²) in [7, 11) is 1.56. The first-order valence-electron chi connectivity index (χ1n) is 3.69. The minimum absolute atomic E-state index is 0.207. The monoisotopic (exact) mass is 172 g/mol. The molecule has 68 valence electrons. The Balaban J connectivity index is 2.77. The smallest absolute Gasteiger partial charge is 0.255 e. The Morgan fingerprint density at radius 1 is 1.50 bits per heavy atom. The van der Waals surface area contributed by atoms with Crippen LogP contribution in [0.3, 0.4) is 0 Å². The van der Waals surface area contributed by atoms with Crippen molar-refractivity contribution in [2.24, 2.45) is 0 Å². The third-order valence-electron chi connectivity index (χ3n) is 1.53. The normalized spacial score (nSPS) is 16.0. The first-order valence-corrected chi connectivity index (χ1v) is 3.69. The van der Waals surface area contributed by atoms with Crippen molar-refractivity contribution in [3.8, 4) is 0 Å². The van der Waals surface area contributed by atoms with Gasteiger partial charge in [-0.3, -0.25) is 0 Å². The second kappa shape index (κ2) is 3.64. The lowest BCUT2D eigenvalue weighted by molar-refractivity contribution is 0.109. The number of methoxy groups -OCH3 is 1. The van der Waals surface area contributed by atoms with Gasteiger partial charge in [-0.05, 0) is 13.8 Å². The summed E-state index contributed by atoms with van der Waals surface area (Å²) in [4.78, 5) is 3.93. The largest absolute Gasteiger partial charge is 0.384 e. The average Bonchev–Trinajstić information content (AvgIpc) is 2.51. The molecule has 1 N–H and O–H groups in total. The molecule has 12 heavy (non-hydrogen) atoms. The van der Waals surface area contributed by atoms with E-state index in [1.54, 1.807) is 21.0 Å². The number of nitrogens with zero attached hydrogens (tertiary/aromatic N) is 2. The predicted octanol–water partition coefficient (Wildman–Crippen LogP) is 0.830. The molecule has 1 heterocycles. The number of aromatic nitrogens is 2. The van der Waals surface area contributed by atoms with E-state index < -0.39 is 6.10 Å². The van der Waals surface area contributed by atoms with Crippen LogP contribution >= 0.6 is 0 Å². The molecule has 1 rings (SSSR count). The van der Waals surface area contributed by atoms with Gasteiger partial charge in [0.15, 0.2) is 5.82 Å². The molecule has 1 aromatic heterocycles. The molecule has 2 atom stereocenters. The fourth-order valence-corrected chi connectivity index (χ4v) is 0.687. The van der Waals surface area contributed by atoms with E-state index in [9.17, 15) is 0 Å². The van der Waals surface area contributed by atoms with Gasteiger partial charge in [-0.25, -0.2) is 0 Å². The van der Waals surface area contributed by atoms with Gasteiger partial charge < -0.3 is 14.4 Å². The molecule has 0 saturated heterocycles. The molecule has 0 amide bonds. The van der Waals surface area contributed by atoms with Crippen molar-refractivity contribution in [3.63, 3.8) is 0 Å². The van der Waals surface area contributed by atoms with Gasteiger partial charge in [0.1, 0.15) is 12.2 Å². The van der Waals surface area contributed by atoms with Crippen molar-refractivity contribution < 1.29 is 14.4 Å². The molecular formula is C7H12N2O3. The highest BCUT2D eigenvalue weighted by molar-refractivity contribution is 4.91. The Hall–Kier alpha value is -0.940. The molecule has 0 bridgehead atoms. The molecule has 0 saturated carbocycles. The number of aliphatic hydroxyl groups is 1. The van der Waals surface area contributed by atoms with Crippen LogP contribution in [0.1, 0.15) is 37.8 Å². The molecule has 0 radical (unpaired) electrons. The number of hydrogen-bond donors (Lipinski definition) is 1. The SMILES string of the molecule is COC(C)c1noc([C@H](C)O)n1. The van der Waals surface area contributed by atoms with E-state index >= 15 is 0 Å². The maximum atomic E-state index is 9.05. The minimum Gasteiger partial charge on any atom is -0.384 e. The van der Waals surface area contributed by atoms with Crippen LogP contribution in [0.5, 0.6) is 0 Å². The molecule has 5 heteroatoms. The minimum atomic E-state index is -0.727. The van der Waals surface area contributed by atoms with E-state index in [1.165, 1.54) is 0 Å². The molecule has 0 spiro atoms. The summed E-state index contributed by atoms with van der Waals surface area (Å²) < 4.78 is 9.72. The van der Waals surface area contributed by atoms with E-state index in [0.717, 1.165) is 0 Å². The summed E-state index contributed by atoms with van der Waals surface area (Å²) in [6.07, 6.45) is -0.934. The van der Waals surface area contributed by atoms with Gasteiger partial charge in [-0.2, -0.15) is 4.98 Å². The Labute approximate surface area is 70.3 Å². The Morgan fingerprint density at radius 2 is 2.17 bits per heavy atom. The van der Waals surface area contributed by atoms with Gasteiger partial charge in [0.05, 0.1) is 0 Å². The third-order valence-corrected chi connectivity index (χ3v) is 1.53. The van der Waals surface area contributed by atoms with Crippen molar-refractivity contribution in [3.05, 3.63) is 11.7 Å². The number of aliphatic hydroxyl groups excluding tert-OH is 1. The lowest BCUT2D eigenvalue weighted by Gasteiger charge is -2.01. The fourth-order valence-electron chi connectivity index (χ4n) is 0.687. The van der Waals surface area contributed by atoms with E-state index in [0.29, 0.717) is 5.82 Å². The van der Waals surface area contributed by atoms with E-state index in [1.807, 2.05) is 0 Å². The van der Waals surface area contributed by atoms with E-state index in [-0.39, 0.29) is 12.0 Å². The van der Waals surface area contributed by atoms with Crippen LogP contribution in [0.25, 0.3) is 0 Å². The van der Waals surface area contributed by atoms with Crippen molar-refractivity contribution in [1.82, 2.24) is 10.1 Å². The lowest BCUT2D eigenvalue weighted by atomic mass is 10.4. The van der Waals surface area contributed by atoms with Crippen LogP contribution in [0.2, 0.25) is 0 Å². The third kappa shape index (κ3) is 1.80. The second-order valence-electron chi connectivity index (χ2n) is 2.54. The van der Waals surface area contributed by atoms with Gasteiger partial charge >= 0.3 is 0 Å². The molecule has 1 aromatic rings. The summed E-state index contributed by atoms with van der Waals surface area (Å²) in [6, 6.07) is 0. The summed E-state index contributed by atoms with van der Waals surface area (Å²) in [5.74, 6) is 0.669. The van der Waals surface area contributed by atoms with E-state index in [2.05, 4.69) is 10.1 Å². The number of ether oxygens (including phenoxy) is 1. The van der Waals surface area contributed by atoms with Crippen LogP contribution in [0, 0.1) is 0 Å². The second-order valence-corrected chi connectivity index (χ2v) is 2.54. The topological polar surface area (TPSA) is 68.4 Å². The number of hydrogen-bond acceptors (Lipinski definition) is 5. The van der Waals surface area contributed by atoms with Crippen LogP contribution < -0.4 is 0 Å². The zero-order chi connectivity index (χ0) is 9.14. The van der Waals surface area contributed by atoms with Crippen molar-refractivity contribution in [2.75, 3.05) is 7.11 Å². The van der Waals surface area contributed by atoms with Crippen LogP contribution in [0.4, 0.5) is 0 Å². The predicted molar refractivity (Wildman–Crippen MR) is 40.4 cm³/mol. The molecule has 0 aliphatic heterocycles. The molecule has 5 nitrogen and oxygen atoms in total. The summed E-state index contributed by atoms with van der Waals surface area (Å²) in [6.45, 7) is 3.37. The van der Waals surface area contributed by atoms with Gasteiger partial charge in [0, 0.05) is 7.11 Å². The van der Waals surface area contributed by atoms with Gasteiger partial charge in [0.2, 0.25) is 0 Å². The average molecular weight is 172 g/mol. The van der Waals surface area contributed by atoms with Crippen molar-refractivity contribution in [1.29, 1.82) is 0 Å². The highest BCUT2D eigenvalue weighted by Gasteiger charge is 2.15. The lowest BCUT2D eigenvalue weighted by Crippen LogP contribution is -1.99. The maximum Gasteiger partial charge on any atom is 0.255 e. The highest BCUT2D eigenvalue weighted by Crippen LogP contribution is 2.14. The number of rotatable bonds is 3. The standard InChI is InChI=1S/C7H12N2O3/c1-4(10)7-8-6(9-12-7)5(2)11-3/h4-5,10H,1-3H3/t4-,5?/m0/s1. The first kappa shape index (κ1) is 9.15. The molecule has 1 unspecified atom stereocenters. The first-order chi connectivity index (χ1) is 5.65. The molecule has 0 aromatic carbocycles. The van der Waals surface area contributed by atoms with Crippen LogP contribution in [0.15, 0.2) is 4.52 Å². The van der Waals surface area contributed by atoms with Gasteiger partial charge in [-0.15, -0.1) is 0 Å². The summed E-state index contributed by atoms with van der Waals surface area (Å²) >= 11 is 0. The molecule has 0 aliphatic carbocycles.